The summed E-state index contributed by atoms with van der Waals surface area (Å²) in [6, 6.07) is 8.47. The van der Waals surface area contributed by atoms with Crippen molar-refractivity contribution in [1.29, 1.82) is 0 Å². The second kappa shape index (κ2) is 6.03. The number of hydrogen-bond acceptors (Lipinski definition) is 2. The summed E-state index contributed by atoms with van der Waals surface area (Å²) >= 11 is 0. The van der Waals surface area contributed by atoms with Gasteiger partial charge < -0.3 is 4.74 Å². The van der Waals surface area contributed by atoms with Crippen molar-refractivity contribution >= 4 is 5.97 Å². The third-order valence-electron chi connectivity index (χ3n) is 3.02. The lowest BCUT2D eigenvalue weighted by molar-refractivity contribution is -0.147. The van der Waals surface area contributed by atoms with Crippen LogP contribution in [0.5, 0.6) is 0 Å². The van der Waals surface area contributed by atoms with Crippen LogP contribution >= 0.6 is 0 Å². The van der Waals surface area contributed by atoms with Crippen molar-refractivity contribution in [3.8, 4) is 0 Å². The first kappa shape index (κ1) is 14.7. The van der Waals surface area contributed by atoms with E-state index >= 15 is 0 Å². The predicted molar refractivity (Wildman–Crippen MR) is 74.6 cm³/mol. The zero-order chi connectivity index (χ0) is 13.8. The molecular weight excluding hydrogens is 224 g/mol. The Labute approximate surface area is 110 Å². The van der Waals surface area contributed by atoms with Crippen molar-refractivity contribution in [1.82, 2.24) is 0 Å². The summed E-state index contributed by atoms with van der Waals surface area (Å²) < 4.78 is 5.03. The first-order valence-electron chi connectivity index (χ1n) is 6.60. The molecule has 0 heterocycles. The summed E-state index contributed by atoms with van der Waals surface area (Å²) in [7, 11) is 0. The van der Waals surface area contributed by atoms with Gasteiger partial charge in [0.1, 0.15) is 0 Å². The lowest BCUT2D eigenvalue weighted by atomic mass is 9.85. The molecule has 0 radical (unpaired) electrons. The summed E-state index contributed by atoms with van der Waals surface area (Å²) in [5.74, 6) is -0.196. The van der Waals surface area contributed by atoms with E-state index in [1.54, 1.807) is 0 Å². The molecular formula is C16H24O2. The van der Waals surface area contributed by atoms with Gasteiger partial charge in [-0.1, -0.05) is 52.0 Å². The fourth-order valence-corrected chi connectivity index (χ4v) is 1.89. The second-order valence-corrected chi connectivity index (χ2v) is 5.81. The van der Waals surface area contributed by atoms with Gasteiger partial charge in [-0.25, -0.2) is 0 Å². The molecule has 2 heteroatoms. The van der Waals surface area contributed by atoms with Crippen LogP contribution in [0.15, 0.2) is 24.3 Å². The molecule has 0 aliphatic rings. The zero-order valence-corrected chi connectivity index (χ0v) is 12.1. The molecule has 1 unspecified atom stereocenters. The van der Waals surface area contributed by atoms with Gasteiger partial charge >= 0.3 is 5.97 Å². The normalized spacial score (nSPS) is 13.2. The van der Waals surface area contributed by atoms with Gasteiger partial charge in [0.2, 0.25) is 0 Å². The van der Waals surface area contributed by atoms with E-state index in [0.29, 0.717) is 6.61 Å². The summed E-state index contributed by atoms with van der Waals surface area (Å²) in [6.45, 7) is 10.8. The van der Waals surface area contributed by atoms with E-state index in [2.05, 4.69) is 45.0 Å². The number of carbonyl (C=O) groups excluding carboxylic acids is 1. The third-order valence-corrected chi connectivity index (χ3v) is 3.02. The Balaban J connectivity index is 2.76. The fourth-order valence-electron chi connectivity index (χ4n) is 1.89. The van der Waals surface area contributed by atoms with E-state index in [-0.39, 0.29) is 17.3 Å². The van der Waals surface area contributed by atoms with Crippen LogP contribution < -0.4 is 0 Å². The molecule has 18 heavy (non-hydrogen) atoms. The van der Waals surface area contributed by atoms with E-state index in [4.69, 9.17) is 4.74 Å². The van der Waals surface area contributed by atoms with E-state index in [1.165, 1.54) is 11.1 Å². The van der Waals surface area contributed by atoms with Crippen LogP contribution in [0, 0.1) is 5.92 Å². The third kappa shape index (κ3) is 4.17. The zero-order valence-electron chi connectivity index (χ0n) is 12.1. The molecule has 0 aromatic heterocycles. The standard InChI is InChI=1S/C16H24O2/c1-6-18-15(17)12(2)10-13-8-7-9-14(11-13)16(3,4)5/h7-9,11-12H,6,10H2,1-5H3. The number of benzene rings is 1. The molecule has 0 N–H and O–H groups in total. The van der Waals surface area contributed by atoms with Crippen LogP contribution in [0.1, 0.15) is 45.7 Å². The second-order valence-electron chi connectivity index (χ2n) is 5.81. The smallest absolute Gasteiger partial charge is 0.308 e. The molecule has 0 fully saturated rings. The molecule has 1 atom stereocenters. The van der Waals surface area contributed by atoms with Crippen molar-refractivity contribution in [2.75, 3.05) is 6.61 Å². The van der Waals surface area contributed by atoms with Crippen LogP contribution in [0.2, 0.25) is 0 Å². The number of hydrogen-bond donors (Lipinski definition) is 0. The molecule has 1 aromatic rings. The summed E-state index contributed by atoms with van der Waals surface area (Å²) in [6.07, 6.45) is 0.739. The monoisotopic (exact) mass is 248 g/mol. The number of carbonyl (C=O) groups is 1. The molecule has 0 saturated heterocycles. The number of ether oxygens (including phenoxy) is 1. The molecule has 1 aromatic carbocycles. The van der Waals surface area contributed by atoms with E-state index in [9.17, 15) is 4.79 Å². The Morgan fingerprint density at radius 3 is 2.56 bits per heavy atom. The quantitative estimate of drug-likeness (QED) is 0.759. The van der Waals surface area contributed by atoms with Crippen LogP contribution in [0.3, 0.4) is 0 Å². The minimum Gasteiger partial charge on any atom is -0.466 e. The molecule has 1 rings (SSSR count). The first-order valence-corrected chi connectivity index (χ1v) is 6.60. The van der Waals surface area contributed by atoms with Crippen LogP contribution in [-0.2, 0) is 21.4 Å². The van der Waals surface area contributed by atoms with Gasteiger partial charge in [-0.2, -0.15) is 0 Å². The Hall–Kier alpha value is -1.31. The minimum absolute atomic E-state index is 0.0832. The SMILES string of the molecule is CCOC(=O)C(C)Cc1cccc(C(C)(C)C)c1. The van der Waals surface area contributed by atoms with Gasteiger partial charge in [0.25, 0.3) is 0 Å². The Bertz CT molecular complexity index is 402. The van der Waals surface area contributed by atoms with Crippen molar-refractivity contribution in [2.45, 2.75) is 46.5 Å². The van der Waals surface area contributed by atoms with Crippen LogP contribution in [-0.4, -0.2) is 12.6 Å². The average Bonchev–Trinajstić information content (AvgIpc) is 2.28. The highest BCUT2D eigenvalue weighted by Crippen LogP contribution is 2.23. The van der Waals surface area contributed by atoms with Gasteiger partial charge in [-0.3, -0.25) is 4.79 Å². The van der Waals surface area contributed by atoms with Gasteiger partial charge in [0.05, 0.1) is 12.5 Å². The molecule has 0 bridgehead atoms. The highest BCUT2D eigenvalue weighted by Gasteiger charge is 2.17. The van der Waals surface area contributed by atoms with Crippen molar-refractivity contribution < 1.29 is 9.53 Å². The van der Waals surface area contributed by atoms with E-state index in [1.807, 2.05) is 13.8 Å². The van der Waals surface area contributed by atoms with Gasteiger partial charge in [0, 0.05) is 0 Å². The summed E-state index contributed by atoms with van der Waals surface area (Å²) in [4.78, 5) is 11.6. The molecule has 0 amide bonds. The molecule has 0 aliphatic heterocycles. The van der Waals surface area contributed by atoms with Gasteiger partial charge in [-0.15, -0.1) is 0 Å². The van der Waals surface area contributed by atoms with Crippen LogP contribution in [0.4, 0.5) is 0 Å². The topological polar surface area (TPSA) is 26.3 Å². The Morgan fingerprint density at radius 1 is 1.33 bits per heavy atom. The van der Waals surface area contributed by atoms with Gasteiger partial charge in [-0.05, 0) is 29.9 Å². The maximum Gasteiger partial charge on any atom is 0.308 e. The van der Waals surface area contributed by atoms with E-state index in [0.717, 1.165) is 6.42 Å². The molecule has 0 aliphatic carbocycles. The highest BCUT2D eigenvalue weighted by atomic mass is 16.5. The lowest BCUT2D eigenvalue weighted by Crippen LogP contribution is -2.17. The molecule has 0 spiro atoms. The number of esters is 1. The minimum atomic E-state index is -0.112. The summed E-state index contributed by atoms with van der Waals surface area (Å²) in [5, 5.41) is 0. The highest BCUT2D eigenvalue weighted by molar-refractivity contribution is 5.72. The molecule has 0 saturated carbocycles. The fraction of sp³-hybridized carbons (Fsp3) is 0.562. The van der Waals surface area contributed by atoms with Crippen molar-refractivity contribution in [2.24, 2.45) is 5.92 Å². The Morgan fingerprint density at radius 2 is 2.00 bits per heavy atom. The van der Waals surface area contributed by atoms with E-state index < -0.39 is 0 Å². The Kier molecular flexibility index (Phi) is 4.94. The predicted octanol–water partition coefficient (Wildman–Crippen LogP) is 3.73. The van der Waals surface area contributed by atoms with Crippen LogP contribution in [0.25, 0.3) is 0 Å². The maximum atomic E-state index is 11.6. The largest absolute Gasteiger partial charge is 0.466 e. The van der Waals surface area contributed by atoms with Gasteiger partial charge in [0.15, 0.2) is 0 Å². The first-order chi connectivity index (χ1) is 8.34. The summed E-state index contributed by atoms with van der Waals surface area (Å²) in [5.41, 5.74) is 2.64. The van der Waals surface area contributed by atoms with Crippen molar-refractivity contribution in [3.63, 3.8) is 0 Å². The molecule has 2 nitrogen and oxygen atoms in total. The van der Waals surface area contributed by atoms with Crippen molar-refractivity contribution in [3.05, 3.63) is 35.4 Å². The maximum absolute atomic E-state index is 11.6. The average molecular weight is 248 g/mol. The molecule has 100 valence electrons. The number of rotatable bonds is 4. The lowest BCUT2D eigenvalue weighted by Gasteiger charge is -2.20.